The number of hydrogen-bond acceptors (Lipinski definition) is 1. The lowest BCUT2D eigenvalue weighted by atomic mass is 10.1. The van der Waals surface area contributed by atoms with Crippen LogP contribution in [0, 0.1) is 0 Å². The molecule has 0 unspecified atom stereocenters. The van der Waals surface area contributed by atoms with Crippen LogP contribution < -0.4 is 0 Å². The molecule has 2 rings (SSSR count). The van der Waals surface area contributed by atoms with Crippen molar-refractivity contribution in [2.75, 3.05) is 0 Å². The molecule has 0 nitrogen and oxygen atoms in total. The van der Waals surface area contributed by atoms with Gasteiger partial charge in [-0.05, 0) is 39.4 Å². The van der Waals surface area contributed by atoms with Gasteiger partial charge in [-0.2, -0.15) is 0 Å². The third kappa shape index (κ3) is 1.77. The Morgan fingerprint density at radius 2 is 2.07 bits per heavy atom. The van der Waals surface area contributed by atoms with E-state index in [4.69, 9.17) is 0 Å². The van der Waals surface area contributed by atoms with Crippen LogP contribution in [0.3, 0.4) is 0 Å². The maximum absolute atomic E-state index is 3.67. The standard InChI is InChI=1S/C12H11BrS/c1-2-9-5-3-6-10(12(9)13)11-7-4-8-14-11/h3-8H,2H2,1H3. The molecule has 0 aliphatic rings. The smallest absolute Gasteiger partial charge is 0.0354 e. The topological polar surface area (TPSA) is 0 Å². The van der Waals surface area contributed by atoms with Crippen molar-refractivity contribution in [2.24, 2.45) is 0 Å². The largest absolute Gasteiger partial charge is 0.144 e. The number of rotatable bonds is 2. The van der Waals surface area contributed by atoms with E-state index in [0.29, 0.717) is 0 Å². The van der Waals surface area contributed by atoms with Gasteiger partial charge in [0, 0.05) is 14.9 Å². The van der Waals surface area contributed by atoms with Gasteiger partial charge in [0.05, 0.1) is 0 Å². The van der Waals surface area contributed by atoms with Crippen molar-refractivity contribution in [3.05, 3.63) is 45.7 Å². The van der Waals surface area contributed by atoms with Gasteiger partial charge in [-0.1, -0.05) is 31.2 Å². The second-order valence-corrected chi connectivity index (χ2v) is 4.85. The minimum absolute atomic E-state index is 1.07. The molecule has 0 N–H and O–H groups in total. The van der Waals surface area contributed by atoms with E-state index in [2.05, 4.69) is 58.6 Å². The summed E-state index contributed by atoms with van der Waals surface area (Å²) in [5.74, 6) is 0. The van der Waals surface area contributed by atoms with Gasteiger partial charge in [0.2, 0.25) is 0 Å². The van der Waals surface area contributed by atoms with Crippen LogP contribution in [0.15, 0.2) is 40.2 Å². The average Bonchev–Trinajstić information content (AvgIpc) is 2.71. The minimum atomic E-state index is 1.07. The molecule has 0 aliphatic carbocycles. The first-order chi connectivity index (χ1) is 6.83. The summed E-state index contributed by atoms with van der Waals surface area (Å²) in [7, 11) is 0. The van der Waals surface area contributed by atoms with Crippen molar-refractivity contribution in [1.82, 2.24) is 0 Å². The first kappa shape index (κ1) is 9.94. The van der Waals surface area contributed by atoms with Crippen LogP contribution in [0.5, 0.6) is 0 Å². The molecule has 1 aromatic heterocycles. The van der Waals surface area contributed by atoms with Crippen molar-refractivity contribution in [3.63, 3.8) is 0 Å². The Hall–Kier alpha value is -0.600. The van der Waals surface area contributed by atoms with Crippen LogP contribution in [0.2, 0.25) is 0 Å². The van der Waals surface area contributed by atoms with Gasteiger partial charge >= 0.3 is 0 Å². The Balaban J connectivity index is 2.54. The van der Waals surface area contributed by atoms with Crippen LogP contribution in [-0.2, 0) is 6.42 Å². The van der Waals surface area contributed by atoms with Crippen LogP contribution in [0.4, 0.5) is 0 Å². The average molecular weight is 267 g/mol. The first-order valence-corrected chi connectivity index (χ1v) is 6.31. The second kappa shape index (κ2) is 4.28. The molecule has 0 spiro atoms. The molecule has 0 saturated heterocycles. The molecule has 0 saturated carbocycles. The zero-order valence-electron chi connectivity index (χ0n) is 7.96. The Kier molecular flexibility index (Phi) is 3.04. The first-order valence-electron chi connectivity index (χ1n) is 4.64. The molecule has 0 aliphatic heterocycles. The number of hydrogen-bond donors (Lipinski definition) is 0. The summed E-state index contributed by atoms with van der Waals surface area (Å²) in [6.45, 7) is 2.18. The van der Waals surface area contributed by atoms with Gasteiger partial charge in [-0.25, -0.2) is 0 Å². The van der Waals surface area contributed by atoms with Crippen molar-refractivity contribution < 1.29 is 0 Å². The second-order valence-electron chi connectivity index (χ2n) is 3.11. The highest BCUT2D eigenvalue weighted by molar-refractivity contribution is 9.10. The maximum atomic E-state index is 3.67. The fourth-order valence-electron chi connectivity index (χ4n) is 1.47. The summed E-state index contributed by atoms with van der Waals surface area (Å²) in [5, 5.41) is 2.11. The monoisotopic (exact) mass is 266 g/mol. The SMILES string of the molecule is CCc1cccc(-c2cccs2)c1Br. The quantitative estimate of drug-likeness (QED) is 0.737. The molecule has 0 atom stereocenters. The predicted molar refractivity (Wildman–Crippen MR) is 66.8 cm³/mol. The Morgan fingerprint density at radius 3 is 2.71 bits per heavy atom. The van der Waals surface area contributed by atoms with E-state index in [0.717, 1.165) is 6.42 Å². The van der Waals surface area contributed by atoms with Crippen molar-refractivity contribution in [3.8, 4) is 10.4 Å². The van der Waals surface area contributed by atoms with Crippen LogP contribution in [0.25, 0.3) is 10.4 Å². The number of benzene rings is 1. The molecule has 2 aromatic rings. The summed E-state index contributed by atoms with van der Waals surface area (Å²) in [4.78, 5) is 1.33. The van der Waals surface area contributed by atoms with Crippen LogP contribution in [0.1, 0.15) is 12.5 Å². The van der Waals surface area contributed by atoms with Gasteiger partial charge < -0.3 is 0 Å². The van der Waals surface area contributed by atoms with E-state index in [1.807, 2.05) is 0 Å². The lowest BCUT2D eigenvalue weighted by Crippen LogP contribution is -1.84. The van der Waals surface area contributed by atoms with Gasteiger partial charge in [0.25, 0.3) is 0 Å². The molecule has 0 bridgehead atoms. The fourth-order valence-corrected chi connectivity index (χ4v) is 3.12. The highest BCUT2D eigenvalue weighted by Crippen LogP contribution is 2.33. The van der Waals surface area contributed by atoms with E-state index < -0.39 is 0 Å². The van der Waals surface area contributed by atoms with Crippen LogP contribution in [-0.4, -0.2) is 0 Å². The summed E-state index contributed by atoms with van der Waals surface area (Å²) < 4.78 is 1.24. The third-order valence-corrected chi connectivity index (χ3v) is 4.09. The van der Waals surface area contributed by atoms with E-state index in [1.54, 1.807) is 11.3 Å². The van der Waals surface area contributed by atoms with Gasteiger partial charge in [0.15, 0.2) is 0 Å². The molecule has 0 amide bonds. The number of halogens is 1. The predicted octanol–water partition coefficient (Wildman–Crippen LogP) is 4.74. The molecule has 72 valence electrons. The molecule has 14 heavy (non-hydrogen) atoms. The zero-order chi connectivity index (χ0) is 9.97. The lowest BCUT2D eigenvalue weighted by molar-refractivity contribution is 1.13. The highest BCUT2D eigenvalue weighted by atomic mass is 79.9. The Labute approximate surface area is 96.7 Å². The molecule has 1 aromatic carbocycles. The van der Waals surface area contributed by atoms with Crippen molar-refractivity contribution in [1.29, 1.82) is 0 Å². The maximum Gasteiger partial charge on any atom is 0.0354 e. The zero-order valence-corrected chi connectivity index (χ0v) is 10.4. The molecule has 0 radical (unpaired) electrons. The summed E-state index contributed by atoms with van der Waals surface area (Å²) in [6, 6.07) is 10.7. The Bertz CT molecular complexity index is 418. The molecular weight excluding hydrogens is 256 g/mol. The van der Waals surface area contributed by atoms with E-state index in [1.165, 1.54) is 20.5 Å². The van der Waals surface area contributed by atoms with E-state index in [-0.39, 0.29) is 0 Å². The normalized spacial score (nSPS) is 10.4. The Morgan fingerprint density at radius 1 is 1.21 bits per heavy atom. The fraction of sp³-hybridized carbons (Fsp3) is 0.167. The number of aryl methyl sites for hydroxylation is 1. The minimum Gasteiger partial charge on any atom is -0.144 e. The molecular formula is C12H11BrS. The van der Waals surface area contributed by atoms with E-state index in [9.17, 15) is 0 Å². The summed E-state index contributed by atoms with van der Waals surface area (Å²) in [6.07, 6.45) is 1.07. The van der Waals surface area contributed by atoms with E-state index >= 15 is 0 Å². The van der Waals surface area contributed by atoms with Crippen molar-refractivity contribution in [2.45, 2.75) is 13.3 Å². The summed E-state index contributed by atoms with van der Waals surface area (Å²) in [5.41, 5.74) is 2.68. The summed E-state index contributed by atoms with van der Waals surface area (Å²) >= 11 is 5.45. The van der Waals surface area contributed by atoms with Gasteiger partial charge in [0.1, 0.15) is 0 Å². The number of thiophene rings is 1. The third-order valence-electron chi connectivity index (χ3n) is 2.25. The van der Waals surface area contributed by atoms with Crippen LogP contribution >= 0.6 is 27.3 Å². The van der Waals surface area contributed by atoms with Gasteiger partial charge in [-0.15, -0.1) is 11.3 Å². The van der Waals surface area contributed by atoms with Gasteiger partial charge in [-0.3, -0.25) is 0 Å². The molecule has 0 fully saturated rings. The lowest BCUT2D eigenvalue weighted by Gasteiger charge is -2.06. The molecule has 1 heterocycles. The highest BCUT2D eigenvalue weighted by Gasteiger charge is 2.06. The van der Waals surface area contributed by atoms with Crippen molar-refractivity contribution >= 4 is 27.3 Å². The molecule has 2 heteroatoms.